The van der Waals surface area contributed by atoms with Gasteiger partial charge in [-0.2, -0.15) is 0 Å². The number of benzene rings is 1. The van der Waals surface area contributed by atoms with Crippen LogP contribution in [-0.2, 0) is 35.3 Å². The number of urea groups is 1. The highest BCUT2D eigenvalue weighted by molar-refractivity contribution is 5.99. The first-order valence-electron chi connectivity index (χ1n) is 14.4. The number of amides is 6. The lowest BCUT2D eigenvalue weighted by Gasteiger charge is -2.27. The van der Waals surface area contributed by atoms with Crippen LogP contribution >= 0.6 is 0 Å². The fraction of sp³-hybridized carbons (Fsp3) is 0.586. The van der Waals surface area contributed by atoms with E-state index in [0.29, 0.717) is 24.9 Å². The van der Waals surface area contributed by atoms with Gasteiger partial charge in [-0.1, -0.05) is 26.0 Å². The van der Waals surface area contributed by atoms with E-state index in [4.69, 9.17) is 10.5 Å². The van der Waals surface area contributed by atoms with Crippen molar-refractivity contribution in [3.05, 3.63) is 29.8 Å². The summed E-state index contributed by atoms with van der Waals surface area (Å²) in [5.41, 5.74) is 6.31. The molecule has 0 aromatic heterocycles. The van der Waals surface area contributed by atoms with E-state index in [2.05, 4.69) is 31.9 Å². The first-order chi connectivity index (χ1) is 20.3. The van der Waals surface area contributed by atoms with Gasteiger partial charge in [0.25, 0.3) is 0 Å². The molecule has 1 aromatic rings. The maximum atomic E-state index is 13.4. The van der Waals surface area contributed by atoms with Gasteiger partial charge in [-0.3, -0.25) is 24.0 Å². The molecule has 0 fully saturated rings. The lowest BCUT2D eigenvalue weighted by molar-refractivity contribution is -0.142. The molecule has 0 unspecified atom stereocenters. The Bertz CT molecular complexity index is 1080. The van der Waals surface area contributed by atoms with Gasteiger partial charge < -0.3 is 42.4 Å². The van der Waals surface area contributed by atoms with Gasteiger partial charge in [-0.25, -0.2) is 4.79 Å². The largest absolute Gasteiger partial charge is 0.461 e. The minimum atomic E-state index is -1.01. The number of rotatable bonds is 19. The van der Waals surface area contributed by atoms with Crippen molar-refractivity contribution >= 4 is 41.3 Å². The second-order valence-corrected chi connectivity index (χ2v) is 10.5. The normalized spacial score (nSPS) is 12.8. The number of ether oxygens (including phenoxy) is 1. The zero-order valence-electron chi connectivity index (χ0n) is 25.7. The summed E-state index contributed by atoms with van der Waals surface area (Å²) in [7, 11) is 1.83. The van der Waals surface area contributed by atoms with Crippen molar-refractivity contribution in [1.82, 2.24) is 26.6 Å². The summed E-state index contributed by atoms with van der Waals surface area (Å²) in [6.45, 7) is 7.20. The Morgan fingerprint density at radius 1 is 0.791 bits per heavy atom. The molecule has 0 aliphatic carbocycles. The van der Waals surface area contributed by atoms with E-state index in [1.165, 1.54) is 13.8 Å². The van der Waals surface area contributed by atoms with Crippen LogP contribution in [0.4, 0.5) is 10.5 Å². The molecule has 0 aliphatic rings. The van der Waals surface area contributed by atoms with Crippen molar-refractivity contribution in [1.29, 1.82) is 0 Å². The number of esters is 1. The smallest absolute Gasteiger partial charge is 0.312 e. The highest BCUT2D eigenvalue weighted by atomic mass is 16.5. The Hall–Kier alpha value is -4.20. The summed E-state index contributed by atoms with van der Waals surface area (Å²) in [5.74, 6) is -2.67. The topological polar surface area (TPSA) is 210 Å². The quantitative estimate of drug-likeness (QED) is 0.0877. The van der Waals surface area contributed by atoms with E-state index >= 15 is 0 Å². The number of hydrogen-bond acceptors (Lipinski definition) is 8. The number of nitrogens with two attached hydrogens (primary N) is 1. The van der Waals surface area contributed by atoms with Gasteiger partial charge in [0.15, 0.2) is 0 Å². The predicted octanol–water partition coefficient (Wildman–Crippen LogP) is 0.657. The minimum absolute atomic E-state index is 0.0934. The van der Waals surface area contributed by atoms with Crippen LogP contribution in [0.5, 0.6) is 0 Å². The van der Waals surface area contributed by atoms with Crippen molar-refractivity contribution < 1.29 is 33.5 Å². The molecule has 14 heteroatoms. The fourth-order valence-corrected chi connectivity index (χ4v) is 4.10. The number of anilines is 1. The summed E-state index contributed by atoms with van der Waals surface area (Å²) in [5, 5.41) is 16.4. The molecule has 0 radical (unpaired) electrons. The third-order valence-corrected chi connectivity index (χ3v) is 6.38. The van der Waals surface area contributed by atoms with Crippen LogP contribution in [0.1, 0.15) is 65.4 Å². The molecule has 1 rings (SSSR count). The molecule has 0 heterocycles. The molecule has 8 N–H and O–H groups in total. The van der Waals surface area contributed by atoms with Gasteiger partial charge in [0.1, 0.15) is 24.7 Å². The highest BCUT2D eigenvalue weighted by Crippen LogP contribution is 2.13. The Balaban J connectivity index is 3.00. The van der Waals surface area contributed by atoms with Crippen molar-refractivity contribution in [3.63, 3.8) is 0 Å². The van der Waals surface area contributed by atoms with Crippen LogP contribution in [0.2, 0.25) is 0 Å². The summed E-state index contributed by atoms with van der Waals surface area (Å²) in [6, 6.07) is 3.15. The zero-order valence-corrected chi connectivity index (χ0v) is 25.7. The Labute approximate surface area is 253 Å². The average Bonchev–Trinajstić information content (AvgIpc) is 2.93. The van der Waals surface area contributed by atoms with Crippen LogP contribution in [0, 0.1) is 5.92 Å². The van der Waals surface area contributed by atoms with E-state index in [9.17, 15) is 28.8 Å². The van der Waals surface area contributed by atoms with Crippen molar-refractivity contribution in [3.8, 4) is 0 Å². The van der Waals surface area contributed by atoms with Gasteiger partial charge in [-0.05, 0) is 69.3 Å². The Kier molecular flexibility index (Phi) is 17.0. The second kappa shape index (κ2) is 19.8. The van der Waals surface area contributed by atoms with Gasteiger partial charge in [0.05, 0.1) is 0 Å². The van der Waals surface area contributed by atoms with Crippen molar-refractivity contribution in [2.24, 2.45) is 11.7 Å². The van der Waals surface area contributed by atoms with Crippen LogP contribution in [0.25, 0.3) is 0 Å². The molecular formula is C29H47N7O7. The fourth-order valence-electron chi connectivity index (χ4n) is 4.10. The second-order valence-electron chi connectivity index (χ2n) is 10.5. The monoisotopic (exact) mass is 605 g/mol. The minimum Gasteiger partial charge on any atom is -0.461 e. The summed E-state index contributed by atoms with van der Waals surface area (Å²) < 4.78 is 4.97. The van der Waals surface area contributed by atoms with Gasteiger partial charge >= 0.3 is 12.0 Å². The maximum absolute atomic E-state index is 13.4. The van der Waals surface area contributed by atoms with Gasteiger partial charge in [0.2, 0.25) is 23.6 Å². The molecule has 1 aromatic carbocycles. The maximum Gasteiger partial charge on any atom is 0.312 e. The van der Waals surface area contributed by atoms with E-state index in [0.717, 1.165) is 18.5 Å². The van der Waals surface area contributed by atoms with Crippen LogP contribution in [0.3, 0.4) is 0 Å². The van der Waals surface area contributed by atoms with Gasteiger partial charge in [-0.15, -0.1) is 0 Å². The van der Waals surface area contributed by atoms with E-state index in [1.54, 1.807) is 38.1 Å². The molecule has 0 aliphatic heterocycles. The number of hydrogen-bond donors (Lipinski definition) is 7. The molecule has 3 atom stereocenters. The number of nitrogens with one attached hydrogen (secondary N) is 6. The van der Waals surface area contributed by atoms with Crippen molar-refractivity contribution in [2.75, 3.05) is 25.5 Å². The Morgan fingerprint density at radius 2 is 1.42 bits per heavy atom. The molecular weight excluding hydrogens is 558 g/mol. The van der Waals surface area contributed by atoms with E-state index < -0.39 is 47.8 Å². The SMILES string of the molecule is CNCCCC[C@H](NC(C)=O)C(=O)N[C@H](C(=O)N[C@@H](CCCNC(N)=O)C(=O)Nc1ccc(COC(C)=O)cc1)C(C)C. The summed E-state index contributed by atoms with van der Waals surface area (Å²) in [4.78, 5) is 73.6. The number of unbranched alkanes of at least 4 members (excludes halogenated alkanes) is 1. The highest BCUT2D eigenvalue weighted by Gasteiger charge is 2.31. The molecule has 14 nitrogen and oxygen atoms in total. The zero-order chi connectivity index (χ0) is 32.4. The third kappa shape index (κ3) is 15.6. The number of primary amides is 1. The number of carbonyl (C=O) groups excluding carboxylic acids is 6. The van der Waals surface area contributed by atoms with Crippen LogP contribution < -0.4 is 37.6 Å². The molecule has 0 saturated heterocycles. The molecule has 0 spiro atoms. The molecule has 0 bridgehead atoms. The van der Waals surface area contributed by atoms with Crippen molar-refractivity contribution in [2.45, 2.75) is 84.5 Å². The van der Waals surface area contributed by atoms with E-state index in [-0.39, 0.29) is 31.4 Å². The summed E-state index contributed by atoms with van der Waals surface area (Å²) in [6.07, 6.45) is 2.39. The lowest BCUT2D eigenvalue weighted by Crippen LogP contribution is -2.57. The van der Waals surface area contributed by atoms with Crippen LogP contribution in [-0.4, -0.2) is 73.9 Å². The van der Waals surface area contributed by atoms with E-state index in [1.807, 2.05) is 7.05 Å². The predicted molar refractivity (Wildman–Crippen MR) is 161 cm³/mol. The number of carbonyl (C=O) groups is 6. The first-order valence-corrected chi connectivity index (χ1v) is 14.4. The lowest BCUT2D eigenvalue weighted by atomic mass is 10.0. The third-order valence-electron chi connectivity index (χ3n) is 6.38. The Morgan fingerprint density at radius 3 is 1.98 bits per heavy atom. The molecule has 0 saturated carbocycles. The molecule has 240 valence electrons. The molecule has 43 heavy (non-hydrogen) atoms. The van der Waals surface area contributed by atoms with Gasteiger partial charge in [0, 0.05) is 26.1 Å². The van der Waals surface area contributed by atoms with Crippen LogP contribution in [0.15, 0.2) is 24.3 Å². The summed E-state index contributed by atoms with van der Waals surface area (Å²) >= 11 is 0. The standard InChI is InChI=1S/C29H47N7O7/c1-18(2)25(36-27(40)23(33-19(3)37)9-6-7-15-31-5)28(41)35-24(10-8-16-32-29(30)42)26(39)34-22-13-11-21(12-14-22)17-43-20(4)38/h11-14,18,23-25,31H,6-10,15-17H2,1-5H3,(H,33,37)(H,34,39)(H,35,41)(H,36,40)(H3,30,32,42)/t23-,24-,25-/m0/s1. The first kappa shape index (κ1) is 36.8. The average molecular weight is 606 g/mol. The molecule has 6 amide bonds.